The van der Waals surface area contributed by atoms with E-state index in [-0.39, 0.29) is 40.1 Å². The first-order chi connectivity index (χ1) is 21.5. The summed E-state index contributed by atoms with van der Waals surface area (Å²) in [4.78, 5) is 20.4. The van der Waals surface area contributed by atoms with Crippen LogP contribution >= 0.6 is 0 Å². The van der Waals surface area contributed by atoms with Gasteiger partial charge in [0.15, 0.2) is 0 Å². The molecule has 0 N–H and O–H groups in total. The third-order valence-corrected chi connectivity index (χ3v) is 6.42. The van der Waals surface area contributed by atoms with Crippen molar-refractivity contribution in [3.05, 3.63) is 97.2 Å². The van der Waals surface area contributed by atoms with Crippen LogP contribution in [0.25, 0.3) is 0 Å². The average molecular weight is 814 g/mol. The molecule has 0 aliphatic carbocycles. The summed E-state index contributed by atoms with van der Waals surface area (Å²) in [6.45, 7) is 4.46. The normalized spacial score (nSPS) is 12.1. The van der Waals surface area contributed by atoms with Crippen molar-refractivity contribution < 1.29 is 19.8 Å². The molecule has 4 nitrogen and oxygen atoms in total. The molecule has 0 spiro atoms. The molecule has 0 rings (SSSR count). The van der Waals surface area contributed by atoms with Crippen LogP contribution in [0.2, 0.25) is 0 Å². The van der Waals surface area contributed by atoms with Crippen LogP contribution in [0.1, 0.15) is 142 Å². The zero-order valence-corrected chi connectivity index (χ0v) is 32.4. The van der Waals surface area contributed by atoms with E-state index in [2.05, 4.69) is 98.9 Å². The number of carbonyl (C=O) groups excluding carboxylic acids is 2. The Morgan fingerprint density at radius 1 is 0.378 bits per heavy atom. The van der Waals surface area contributed by atoms with E-state index in [9.17, 15) is 19.8 Å². The van der Waals surface area contributed by atoms with E-state index in [0.29, 0.717) is 12.8 Å². The van der Waals surface area contributed by atoms with Crippen LogP contribution in [0.5, 0.6) is 0 Å². The van der Waals surface area contributed by atoms with E-state index in [1.807, 2.05) is 12.2 Å². The van der Waals surface area contributed by atoms with Gasteiger partial charge in [0.25, 0.3) is 0 Å². The summed E-state index contributed by atoms with van der Waals surface area (Å²) < 4.78 is 0. The molecule has 0 aromatic rings. The van der Waals surface area contributed by atoms with Crippen LogP contribution in [0.15, 0.2) is 97.2 Å². The van der Waals surface area contributed by atoms with Gasteiger partial charge in [-0.05, 0) is 103 Å². The fourth-order valence-electron chi connectivity index (χ4n) is 3.85. The molecule has 0 aromatic heterocycles. The topological polar surface area (TPSA) is 80.3 Å². The van der Waals surface area contributed by atoms with Crippen molar-refractivity contribution in [3.8, 4) is 0 Å². The second-order valence-electron chi connectivity index (χ2n) is 10.7. The van der Waals surface area contributed by atoms with Gasteiger partial charge in [0.05, 0.1) is 0 Å². The van der Waals surface area contributed by atoms with Crippen LogP contribution in [0.3, 0.4) is 0 Å². The van der Waals surface area contributed by atoms with Crippen LogP contribution in [0.4, 0.5) is 0 Å². The van der Waals surface area contributed by atoms with Crippen LogP contribution in [-0.4, -0.2) is 39.2 Å². The predicted octanol–water partition coefficient (Wildman–Crippen LogP) is 9.38. The first-order valence-corrected chi connectivity index (χ1v) is 17.1. The number of hydrogen-bond donors (Lipinski definition) is 0. The molecule has 250 valence electrons. The zero-order chi connectivity index (χ0) is 32.6. The zero-order valence-electron chi connectivity index (χ0n) is 28.5. The Balaban J connectivity index is -0.000000767. The molecule has 0 amide bonds. The second kappa shape index (κ2) is 43.9. The third kappa shape index (κ3) is 51.6. The molecule has 2 radical (unpaired) electrons. The minimum Gasteiger partial charge on any atom is -0.550 e. The Hall–Kier alpha value is -2.22. The number of rotatable bonds is 28. The molecular weight excluding hydrogens is 752 g/mol. The summed E-state index contributed by atoms with van der Waals surface area (Å²) in [5, 5.41) is 20.4. The van der Waals surface area contributed by atoms with Gasteiger partial charge in [0.1, 0.15) is 0 Å². The van der Waals surface area contributed by atoms with Crippen molar-refractivity contribution in [1.82, 2.24) is 0 Å². The molecular formula is C40H62O4Pb. The molecule has 5 heteroatoms. The maximum absolute atomic E-state index is 10.2. The molecule has 0 aromatic carbocycles. The van der Waals surface area contributed by atoms with E-state index >= 15 is 0 Å². The van der Waals surface area contributed by atoms with Crippen molar-refractivity contribution >= 4 is 39.2 Å². The first kappa shape index (κ1) is 47.2. The predicted molar refractivity (Wildman–Crippen MR) is 193 cm³/mol. The number of unbranched alkanes of at least 4 members (excludes halogenated alkanes) is 8. The maximum Gasteiger partial charge on any atom is 2.00 e. The fraction of sp³-hybridized carbons (Fsp3) is 0.550. The number of aliphatic carboxylic acids is 2. The van der Waals surface area contributed by atoms with E-state index in [4.69, 9.17) is 0 Å². The Bertz CT molecular complexity index is 803. The Morgan fingerprint density at radius 2 is 0.600 bits per heavy atom. The van der Waals surface area contributed by atoms with Crippen LogP contribution in [0, 0.1) is 0 Å². The summed E-state index contributed by atoms with van der Waals surface area (Å²) in [5.74, 6) is -1.92. The van der Waals surface area contributed by atoms with Gasteiger partial charge in [-0.25, -0.2) is 0 Å². The monoisotopic (exact) mass is 814 g/mol. The molecule has 0 unspecified atom stereocenters. The summed E-state index contributed by atoms with van der Waals surface area (Å²) in [5.41, 5.74) is 0. The van der Waals surface area contributed by atoms with E-state index < -0.39 is 11.9 Å². The van der Waals surface area contributed by atoms with Crippen molar-refractivity contribution in [1.29, 1.82) is 0 Å². The summed E-state index contributed by atoms with van der Waals surface area (Å²) in [7, 11) is 0. The second-order valence-corrected chi connectivity index (χ2v) is 10.7. The van der Waals surface area contributed by atoms with Gasteiger partial charge in [0, 0.05) is 11.9 Å². The van der Waals surface area contributed by atoms with Gasteiger partial charge in [-0.1, -0.05) is 137 Å². The average Bonchev–Trinajstić information content (AvgIpc) is 3.00. The fourth-order valence-corrected chi connectivity index (χ4v) is 3.85. The number of carbonyl (C=O) groups is 2. The maximum atomic E-state index is 10.2. The van der Waals surface area contributed by atoms with Crippen molar-refractivity contribution in [2.45, 2.75) is 142 Å². The minimum absolute atomic E-state index is 0. The number of hydrogen-bond acceptors (Lipinski definition) is 4. The summed E-state index contributed by atoms with van der Waals surface area (Å²) >= 11 is 0. The van der Waals surface area contributed by atoms with E-state index in [1.54, 1.807) is 0 Å². The van der Waals surface area contributed by atoms with Gasteiger partial charge >= 0.3 is 27.3 Å². The van der Waals surface area contributed by atoms with Crippen molar-refractivity contribution in [3.63, 3.8) is 0 Å². The number of carboxylic acids is 2. The quantitative estimate of drug-likeness (QED) is 0.0448. The van der Waals surface area contributed by atoms with Gasteiger partial charge in [-0.3, -0.25) is 0 Å². The standard InChI is InChI=1S/2C20H32O2.Pb/c2*1-2-3-4-5-6-7-8-9-10-11-12-13-14-15-16-17-18-19-20(21)22;/h2*6-7,9-10,12-13,15-16H,2-5,8,11,14,17-19H2,1H3,(H,21,22);/q;;+2/p-2/b2*7-6-,10-9-,13-12-,16-15-;. The molecule has 0 saturated carbocycles. The molecule has 0 saturated heterocycles. The number of carboxylic acid groups (broad SMARTS) is 2. The Morgan fingerprint density at radius 3 is 0.822 bits per heavy atom. The molecule has 0 heterocycles. The van der Waals surface area contributed by atoms with E-state index in [1.165, 1.54) is 51.4 Å². The molecule has 0 fully saturated rings. The van der Waals surface area contributed by atoms with E-state index in [0.717, 1.165) is 51.4 Å². The molecule has 0 bridgehead atoms. The van der Waals surface area contributed by atoms with Crippen LogP contribution in [-0.2, 0) is 9.59 Å². The minimum atomic E-state index is -0.962. The molecule has 0 aliphatic heterocycles. The molecule has 0 aliphatic rings. The van der Waals surface area contributed by atoms with Crippen LogP contribution < -0.4 is 10.2 Å². The Labute approximate surface area is 297 Å². The smallest absolute Gasteiger partial charge is 0.550 e. The Kier molecular flexibility index (Phi) is 46.0. The summed E-state index contributed by atoms with van der Waals surface area (Å²) in [6, 6.07) is 0. The van der Waals surface area contributed by atoms with Gasteiger partial charge in [-0.2, -0.15) is 0 Å². The van der Waals surface area contributed by atoms with Crippen molar-refractivity contribution in [2.75, 3.05) is 0 Å². The van der Waals surface area contributed by atoms with Gasteiger partial charge < -0.3 is 19.8 Å². The van der Waals surface area contributed by atoms with Crippen molar-refractivity contribution in [2.24, 2.45) is 0 Å². The summed E-state index contributed by atoms with van der Waals surface area (Å²) in [6.07, 6.45) is 54.0. The van der Waals surface area contributed by atoms with Gasteiger partial charge in [0.2, 0.25) is 0 Å². The first-order valence-electron chi connectivity index (χ1n) is 17.1. The van der Waals surface area contributed by atoms with Gasteiger partial charge in [-0.15, -0.1) is 0 Å². The third-order valence-electron chi connectivity index (χ3n) is 6.42. The molecule has 45 heavy (non-hydrogen) atoms. The SMILES string of the molecule is CCCCC/C=C\C/C=C\C/C=C\C/C=C\CCCC(=O)[O-].CCCCC/C=C\C/C=C\C/C=C\C/C=C\CCCC(=O)[O-].[Pb+2]. The number of allylic oxidation sites excluding steroid dienone is 16. The molecule has 0 atom stereocenters. The largest absolute Gasteiger partial charge is 2.00 e.